The number of halogens is 1. The van der Waals surface area contributed by atoms with Gasteiger partial charge >= 0.3 is 0 Å². The molecule has 1 aromatic heterocycles. The first-order valence-electron chi connectivity index (χ1n) is 9.10. The van der Waals surface area contributed by atoms with Crippen LogP contribution in [0.5, 0.6) is 0 Å². The lowest BCUT2D eigenvalue weighted by atomic mass is 10.2. The quantitative estimate of drug-likeness (QED) is 0.653. The van der Waals surface area contributed by atoms with Gasteiger partial charge in [0.1, 0.15) is 16.5 Å². The summed E-state index contributed by atoms with van der Waals surface area (Å²) in [6.45, 7) is 4.72. The fourth-order valence-electron chi connectivity index (χ4n) is 3.32. The van der Waals surface area contributed by atoms with Crippen molar-refractivity contribution in [3.8, 4) is 0 Å². The summed E-state index contributed by atoms with van der Waals surface area (Å²) in [5, 5.41) is 7.47. The highest BCUT2D eigenvalue weighted by Gasteiger charge is 2.47. The van der Waals surface area contributed by atoms with E-state index in [-0.39, 0.29) is 5.82 Å². The van der Waals surface area contributed by atoms with E-state index in [4.69, 9.17) is 4.52 Å². The molecular formula is C18H22FN3O6S2. The maximum atomic E-state index is 14.2. The zero-order valence-corrected chi connectivity index (χ0v) is 18.2. The third-order valence-electron chi connectivity index (χ3n) is 4.83. The van der Waals surface area contributed by atoms with Crippen molar-refractivity contribution < 1.29 is 30.5 Å². The second-order valence-electron chi connectivity index (χ2n) is 7.40. The van der Waals surface area contributed by atoms with Gasteiger partial charge < -0.3 is 15.2 Å². The molecule has 1 saturated heterocycles. The van der Waals surface area contributed by atoms with Gasteiger partial charge in [-0.3, -0.25) is 4.79 Å². The number of carbonyl (C=O) groups is 1. The zero-order valence-electron chi connectivity index (χ0n) is 16.5. The molecule has 9 nitrogen and oxygen atoms in total. The fraction of sp³-hybridized carbons (Fsp3) is 0.444. The van der Waals surface area contributed by atoms with Crippen molar-refractivity contribution in [2.45, 2.75) is 43.0 Å². The Balaban J connectivity index is 1.83. The van der Waals surface area contributed by atoms with Gasteiger partial charge in [0.25, 0.3) is 0 Å². The van der Waals surface area contributed by atoms with Crippen LogP contribution in [-0.2, 0) is 24.5 Å². The van der Waals surface area contributed by atoms with E-state index in [0.717, 1.165) is 6.07 Å². The number of hydrogen-bond acceptors (Lipinski definition) is 8. The van der Waals surface area contributed by atoms with Crippen LogP contribution in [0.3, 0.4) is 0 Å². The fourth-order valence-corrected chi connectivity index (χ4v) is 8.15. The average molecular weight is 460 g/mol. The van der Waals surface area contributed by atoms with E-state index >= 15 is 0 Å². The van der Waals surface area contributed by atoms with Crippen molar-refractivity contribution in [2.75, 3.05) is 16.8 Å². The van der Waals surface area contributed by atoms with Gasteiger partial charge in [0.15, 0.2) is 25.5 Å². The van der Waals surface area contributed by atoms with Crippen LogP contribution in [0.15, 0.2) is 33.7 Å². The van der Waals surface area contributed by atoms with Crippen LogP contribution in [0.2, 0.25) is 0 Å². The normalized spacial score (nSPS) is 22.0. The predicted octanol–water partition coefficient (Wildman–Crippen LogP) is 0.987. The second kappa shape index (κ2) is 8.08. The third kappa shape index (κ3) is 4.71. The molecular weight excluding hydrogens is 437 g/mol. The smallest absolute Gasteiger partial charge is 0.242 e. The average Bonchev–Trinajstić information content (AvgIpc) is 3.19. The first kappa shape index (κ1) is 22.4. The molecule has 0 aliphatic carbocycles. The minimum absolute atomic E-state index is 0.177. The lowest BCUT2D eigenvalue weighted by Gasteiger charge is -2.23. The van der Waals surface area contributed by atoms with E-state index in [0.29, 0.717) is 11.3 Å². The molecule has 2 heterocycles. The van der Waals surface area contributed by atoms with Gasteiger partial charge in [-0.1, -0.05) is 11.2 Å². The Hall–Kier alpha value is -2.31. The van der Waals surface area contributed by atoms with E-state index in [1.54, 1.807) is 13.8 Å². The number of benzene rings is 1. The maximum absolute atomic E-state index is 14.2. The first-order valence-corrected chi connectivity index (χ1v) is 12.5. The summed E-state index contributed by atoms with van der Waals surface area (Å²) in [6, 6.07) is 3.10. The molecule has 1 fully saturated rings. The molecule has 0 bridgehead atoms. The summed E-state index contributed by atoms with van der Waals surface area (Å²) in [5.74, 6) is -1.97. The predicted molar refractivity (Wildman–Crippen MR) is 107 cm³/mol. The molecule has 2 aromatic rings. The second-order valence-corrected chi connectivity index (χ2v) is 11.7. The van der Waals surface area contributed by atoms with Crippen LogP contribution in [0.4, 0.5) is 10.2 Å². The Bertz CT molecular complexity index is 1180. The summed E-state index contributed by atoms with van der Waals surface area (Å²) in [6.07, 6.45) is 0. The van der Waals surface area contributed by atoms with Crippen LogP contribution in [0.1, 0.15) is 18.2 Å². The highest BCUT2D eigenvalue weighted by molar-refractivity contribution is 7.96. The monoisotopic (exact) mass is 459 g/mol. The zero-order chi connectivity index (χ0) is 22.3. The number of anilines is 1. The van der Waals surface area contributed by atoms with Crippen molar-refractivity contribution in [2.24, 2.45) is 0 Å². The molecule has 1 aliphatic rings. The number of aryl methyl sites for hydroxylation is 2. The third-order valence-corrected chi connectivity index (χ3v) is 8.99. The lowest BCUT2D eigenvalue weighted by molar-refractivity contribution is -0.118. The van der Waals surface area contributed by atoms with Crippen molar-refractivity contribution in [1.29, 1.82) is 0 Å². The topological polar surface area (TPSA) is 135 Å². The Labute approximate surface area is 173 Å². The van der Waals surface area contributed by atoms with Crippen LogP contribution in [-0.4, -0.2) is 56.7 Å². The van der Waals surface area contributed by atoms with E-state index in [9.17, 15) is 26.0 Å². The number of hydrogen-bond donors (Lipinski definition) is 2. The van der Waals surface area contributed by atoms with E-state index in [1.165, 1.54) is 25.1 Å². The van der Waals surface area contributed by atoms with Crippen molar-refractivity contribution in [3.05, 3.63) is 41.4 Å². The van der Waals surface area contributed by atoms with E-state index < -0.39 is 65.1 Å². The van der Waals surface area contributed by atoms with Gasteiger partial charge in [-0.05, 0) is 38.5 Å². The molecule has 0 radical (unpaired) electrons. The van der Waals surface area contributed by atoms with Crippen LogP contribution < -0.4 is 10.6 Å². The SMILES string of the molecule is Cc1ccc(F)c(S(=O)(=O)[C@H]2CS(=O)(=O)C[C@@H]2N[C@@H](C)C(=O)Nc2cc(C)on2)c1. The van der Waals surface area contributed by atoms with Gasteiger partial charge in [-0.2, -0.15) is 0 Å². The largest absolute Gasteiger partial charge is 0.360 e. The molecule has 0 unspecified atom stereocenters. The van der Waals surface area contributed by atoms with Gasteiger partial charge in [-0.25, -0.2) is 21.2 Å². The Morgan fingerprint density at radius 1 is 1.27 bits per heavy atom. The van der Waals surface area contributed by atoms with Gasteiger partial charge in [0.05, 0.1) is 22.8 Å². The van der Waals surface area contributed by atoms with Gasteiger partial charge in [-0.15, -0.1) is 0 Å². The highest BCUT2D eigenvalue weighted by atomic mass is 32.2. The minimum atomic E-state index is -4.31. The summed E-state index contributed by atoms with van der Waals surface area (Å²) >= 11 is 0. The molecule has 12 heteroatoms. The van der Waals surface area contributed by atoms with Crippen molar-refractivity contribution in [3.63, 3.8) is 0 Å². The molecule has 3 rings (SSSR count). The molecule has 0 spiro atoms. The maximum Gasteiger partial charge on any atom is 0.242 e. The Kier molecular flexibility index (Phi) is 6.03. The molecule has 1 amide bonds. The van der Waals surface area contributed by atoms with Crippen molar-refractivity contribution >= 4 is 31.4 Å². The standard InChI is InChI=1S/C18H22FN3O6S2/c1-10-4-5-13(19)15(6-10)30(26,27)16-9-29(24,25)8-14(16)20-12(3)18(23)21-17-7-11(2)28-22-17/h4-7,12,14,16,20H,8-9H2,1-3H3,(H,21,22,23)/t12-,14-,16-/m0/s1. The number of aromatic nitrogens is 1. The van der Waals surface area contributed by atoms with E-state index in [1.807, 2.05) is 0 Å². The number of nitrogens with one attached hydrogen (secondary N) is 2. The summed E-state index contributed by atoms with van der Waals surface area (Å²) < 4.78 is 69.7. The first-order chi connectivity index (χ1) is 13.9. The molecule has 30 heavy (non-hydrogen) atoms. The lowest BCUT2D eigenvalue weighted by Crippen LogP contribution is -2.50. The van der Waals surface area contributed by atoms with Crippen LogP contribution in [0.25, 0.3) is 0 Å². The van der Waals surface area contributed by atoms with E-state index in [2.05, 4.69) is 15.8 Å². The molecule has 0 saturated carbocycles. The Morgan fingerprint density at radius 2 is 1.97 bits per heavy atom. The summed E-state index contributed by atoms with van der Waals surface area (Å²) in [5.41, 5.74) is 0.524. The number of rotatable bonds is 6. The molecule has 1 aliphatic heterocycles. The van der Waals surface area contributed by atoms with Crippen LogP contribution in [0, 0.1) is 19.7 Å². The number of nitrogens with zero attached hydrogens (tertiary/aromatic N) is 1. The number of sulfone groups is 2. The Morgan fingerprint density at radius 3 is 2.60 bits per heavy atom. The minimum Gasteiger partial charge on any atom is -0.360 e. The molecule has 3 atom stereocenters. The van der Waals surface area contributed by atoms with Crippen molar-refractivity contribution in [1.82, 2.24) is 10.5 Å². The summed E-state index contributed by atoms with van der Waals surface area (Å²) in [7, 11) is -8.02. The van der Waals surface area contributed by atoms with Gasteiger partial charge in [0.2, 0.25) is 5.91 Å². The summed E-state index contributed by atoms with van der Waals surface area (Å²) in [4.78, 5) is 11.8. The number of amides is 1. The molecule has 2 N–H and O–H groups in total. The van der Waals surface area contributed by atoms with Gasteiger partial charge in [0, 0.05) is 12.1 Å². The van der Waals surface area contributed by atoms with Crippen LogP contribution >= 0.6 is 0 Å². The molecule has 1 aromatic carbocycles. The highest BCUT2D eigenvalue weighted by Crippen LogP contribution is 2.28. The molecule has 164 valence electrons. The number of carbonyl (C=O) groups excluding carboxylic acids is 1.